The van der Waals surface area contributed by atoms with E-state index in [1.165, 1.54) is 5.56 Å². The van der Waals surface area contributed by atoms with Gasteiger partial charge >= 0.3 is 0 Å². The van der Waals surface area contributed by atoms with Gasteiger partial charge in [-0.3, -0.25) is 0 Å². The number of rotatable bonds is 8. The predicted octanol–water partition coefficient (Wildman–Crippen LogP) is 4.52. The lowest BCUT2D eigenvalue weighted by molar-refractivity contribution is 0.104. The van der Waals surface area contributed by atoms with Crippen LogP contribution in [0.5, 0.6) is 0 Å². The maximum atomic E-state index is 10.1. The lowest BCUT2D eigenvalue weighted by Crippen LogP contribution is -2.03. The molecule has 1 N–H and O–H groups in total. The van der Waals surface area contributed by atoms with Crippen molar-refractivity contribution in [2.75, 3.05) is 6.61 Å². The van der Waals surface area contributed by atoms with Gasteiger partial charge in [-0.15, -0.1) is 0 Å². The summed E-state index contributed by atoms with van der Waals surface area (Å²) in [6.45, 7) is 3.45. The van der Waals surface area contributed by atoms with E-state index in [2.05, 4.69) is 25.1 Å². The third-order valence-electron chi connectivity index (χ3n) is 3.50. The SMILES string of the molecule is C[C@H](/C=C/C[C@@H](O)c1ccccc1)COCc1ccccc1. The van der Waals surface area contributed by atoms with Crippen molar-refractivity contribution in [3.05, 3.63) is 83.9 Å². The molecule has 0 spiro atoms. The lowest BCUT2D eigenvalue weighted by atomic mass is 10.1. The molecule has 0 heterocycles. The van der Waals surface area contributed by atoms with E-state index in [4.69, 9.17) is 4.74 Å². The molecule has 0 amide bonds. The van der Waals surface area contributed by atoms with Crippen LogP contribution >= 0.6 is 0 Å². The van der Waals surface area contributed by atoms with E-state index in [9.17, 15) is 5.11 Å². The number of benzene rings is 2. The molecule has 0 saturated heterocycles. The molecule has 0 aromatic heterocycles. The van der Waals surface area contributed by atoms with Gasteiger partial charge in [0.2, 0.25) is 0 Å². The Bertz CT molecular complexity index is 548. The van der Waals surface area contributed by atoms with Crippen molar-refractivity contribution in [3.63, 3.8) is 0 Å². The molecule has 0 unspecified atom stereocenters. The molecular weight excluding hydrogens is 272 g/mol. The Labute approximate surface area is 133 Å². The van der Waals surface area contributed by atoms with Gasteiger partial charge in [0.15, 0.2) is 0 Å². The first kappa shape index (κ1) is 16.5. The van der Waals surface area contributed by atoms with Gasteiger partial charge < -0.3 is 9.84 Å². The smallest absolute Gasteiger partial charge is 0.0824 e. The van der Waals surface area contributed by atoms with Crippen molar-refractivity contribution in [2.45, 2.75) is 26.1 Å². The van der Waals surface area contributed by atoms with Gasteiger partial charge in [0.1, 0.15) is 0 Å². The molecule has 0 aliphatic rings. The summed E-state index contributed by atoms with van der Waals surface area (Å²) in [6, 6.07) is 19.9. The molecule has 116 valence electrons. The summed E-state index contributed by atoms with van der Waals surface area (Å²) < 4.78 is 5.71. The molecule has 0 bridgehead atoms. The van der Waals surface area contributed by atoms with Gasteiger partial charge in [-0.2, -0.15) is 0 Å². The molecule has 0 radical (unpaired) electrons. The molecule has 2 aromatic rings. The maximum Gasteiger partial charge on any atom is 0.0824 e. The van der Waals surface area contributed by atoms with Crippen molar-refractivity contribution >= 4 is 0 Å². The first-order valence-electron chi connectivity index (χ1n) is 7.77. The van der Waals surface area contributed by atoms with Crippen LogP contribution in [0.1, 0.15) is 30.6 Å². The molecule has 0 saturated carbocycles. The van der Waals surface area contributed by atoms with Gasteiger partial charge in [0, 0.05) is 0 Å². The molecule has 2 nitrogen and oxygen atoms in total. The van der Waals surface area contributed by atoms with E-state index in [-0.39, 0.29) is 0 Å². The second-order valence-electron chi connectivity index (χ2n) is 5.57. The Morgan fingerprint density at radius 3 is 2.32 bits per heavy atom. The minimum atomic E-state index is -0.435. The van der Waals surface area contributed by atoms with Crippen LogP contribution in [-0.4, -0.2) is 11.7 Å². The summed E-state index contributed by atoms with van der Waals surface area (Å²) in [5.74, 6) is 0.340. The third kappa shape index (κ3) is 5.84. The van der Waals surface area contributed by atoms with E-state index in [1.807, 2.05) is 54.6 Å². The van der Waals surface area contributed by atoms with Crippen LogP contribution in [-0.2, 0) is 11.3 Å². The number of hydrogen-bond acceptors (Lipinski definition) is 2. The quantitative estimate of drug-likeness (QED) is 0.726. The van der Waals surface area contributed by atoms with Crippen LogP contribution in [0.25, 0.3) is 0 Å². The van der Waals surface area contributed by atoms with E-state index >= 15 is 0 Å². The van der Waals surface area contributed by atoms with Crippen LogP contribution in [0.15, 0.2) is 72.8 Å². The molecule has 0 aliphatic carbocycles. The Morgan fingerprint density at radius 2 is 1.64 bits per heavy atom. The molecule has 2 aromatic carbocycles. The summed E-state index contributed by atoms with van der Waals surface area (Å²) >= 11 is 0. The van der Waals surface area contributed by atoms with Crippen molar-refractivity contribution in [1.29, 1.82) is 0 Å². The summed E-state index contributed by atoms with van der Waals surface area (Å²) in [4.78, 5) is 0. The van der Waals surface area contributed by atoms with Crippen LogP contribution < -0.4 is 0 Å². The van der Waals surface area contributed by atoms with E-state index in [0.29, 0.717) is 25.6 Å². The average molecular weight is 296 g/mol. The highest BCUT2D eigenvalue weighted by Gasteiger charge is 2.04. The normalized spacial score (nSPS) is 14.1. The Kier molecular flexibility index (Phi) is 6.88. The van der Waals surface area contributed by atoms with E-state index in [0.717, 1.165) is 5.56 Å². The number of aliphatic hydroxyl groups excluding tert-OH is 1. The Hall–Kier alpha value is -1.90. The summed E-state index contributed by atoms with van der Waals surface area (Å²) in [5.41, 5.74) is 2.15. The van der Waals surface area contributed by atoms with Gasteiger partial charge in [-0.05, 0) is 23.5 Å². The minimum absolute atomic E-state index is 0.340. The molecule has 0 fully saturated rings. The fourth-order valence-electron chi connectivity index (χ4n) is 2.24. The first-order chi connectivity index (χ1) is 10.8. The topological polar surface area (TPSA) is 29.5 Å². The number of aliphatic hydroxyl groups is 1. The molecule has 22 heavy (non-hydrogen) atoms. The highest BCUT2D eigenvalue weighted by Crippen LogP contribution is 2.16. The molecule has 2 heteroatoms. The van der Waals surface area contributed by atoms with Crippen LogP contribution in [0.4, 0.5) is 0 Å². The number of hydrogen-bond donors (Lipinski definition) is 1. The standard InChI is InChI=1S/C20H24O2/c1-17(15-22-16-18-10-4-2-5-11-18)9-8-14-20(21)19-12-6-3-7-13-19/h2-13,17,20-21H,14-16H2,1H3/b9-8+/t17-,20-/m1/s1. The predicted molar refractivity (Wildman–Crippen MR) is 90.4 cm³/mol. The fraction of sp³-hybridized carbons (Fsp3) is 0.300. The molecular formula is C20H24O2. The van der Waals surface area contributed by atoms with E-state index < -0.39 is 6.10 Å². The average Bonchev–Trinajstić information content (AvgIpc) is 2.56. The van der Waals surface area contributed by atoms with Crippen molar-refractivity contribution in [3.8, 4) is 0 Å². The lowest BCUT2D eigenvalue weighted by Gasteiger charge is -2.10. The van der Waals surface area contributed by atoms with Gasteiger partial charge in [-0.1, -0.05) is 79.7 Å². The number of ether oxygens (including phenoxy) is 1. The zero-order valence-electron chi connectivity index (χ0n) is 13.1. The highest BCUT2D eigenvalue weighted by molar-refractivity contribution is 5.18. The minimum Gasteiger partial charge on any atom is -0.388 e. The molecule has 0 aliphatic heterocycles. The monoisotopic (exact) mass is 296 g/mol. The zero-order valence-corrected chi connectivity index (χ0v) is 13.1. The van der Waals surface area contributed by atoms with Gasteiger partial charge in [0.05, 0.1) is 19.3 Å². The zero-order chi connectivity index (χ0) is 15.6. The highest BCUT2D eigenvalue weighted by atomic mass is 16.5. The van der Waals surface area contributed by atoms with Crippen molar-refractivity contribution in [1.82, 2.24) is 0 Å². The van der Waals surface area contributed by atoms with Gasteiger partial charge in [0.25, 0.3) is 0 Å². The molecule has 2 atom stereocenters. The van der Waals surface area contributed by atoms with Gasteiger partial charge in [-0.25, -0.2) is 0 Å². The van der Waals surface area contributed by atoms with E-state index in [1.54, 1.807) is 0 Å². The Morgan fingerprint density at radius 1 is 1.00 bits per heavy atom. The maximum absolute atomic E-state index is 10.1. The first-order valence-corrected chi connectivity index (χ1v) is 7.77. The fourth-order valence-corrected chi connectivity index (χ4v) is 2.24. The summed E-state index contributed by atoms with van der Waals surface area (Å²) in [6.07, 6.45) is 4.34. The largest absolute Gasteiger partial charge is 0.388 e. The second-order valence-corrected chi connectivity index (χ2v) is 5.57. The van der Waals surface area contributed by atoms with Crippen LogP contribution in [0.3, 0.4) is 0 Å². The summed E-state index contributed by atoms with van der Waals surface area (Å²) in [5, 5.41) is 10.1. The second kappa shape index (κ2) is 9.19. The van der Waals surface area contributed by atoms with Crippen molar-refractivity contribution < 1.29 is 9.84 Å². The molecule has 2 rings (SSSR count). The van der Waals surface area contributed by atoms with Crippen molar-refractivity contribution in [2.24, 2.45) is 5.92 Å². The van der Waals surface area contributed by atoms with Crippen LogP contribution in [0.2, 0.25) is 0 Å². The Balaban J connectivity index is 1.67. The summed E-state index contributed by atoms with van der Waals surface area (Å²) in [7, 11) is 0. The van der Waals surface area contributed by atoms with Crippen LogP contribution in [0, 0.1) is 5.92 Å². The third-order valence-corrected chi connectivity index (χ3v) is 3.50.